The Kier molecular flexibility index (Phi) is 4.10. The number of pyridine rings is 1. The topological polar surface area (TPSA) is 71.2 Å². The third-order valence-corrected chi connectivity index (χ3v) is 4.84. The standard InChI is InChI=1S/C16H24N4O/c17-12-16(6-3-7-16)10-15(21)19-13-4-5-14(18-11-13)20-8-1-2-9-20/h4-5,11H,1-3,6-10,12,17H2,(H,19,21). The van der Waals surface area contributed by atoms with E-state index in [4.69, 9.17) is 5.73 Å². The van der Waals surface area contributed by atoms with Crippen LogP contribution in [-0.4, -0.2) is 30.5 Å². The molecule has 0 spiro atoms. The lowest BCUT2D eigenvalue weighted by Gasteiger charge is -2.40. The molecule has 2 heterocycles. The molecule has 5 nitrogen and oxygen atoms in total. The van der Waals surface area contributed by atoms with E-state index in [1.807, 2.05) is 12.1 Å². The lowest BCUT2D eigenvalue weighted by molar-refractivity contribution is -0.119. The van der Waals surface area contributed by atoms with Gasteiger partial charge in [0, 0.05) is 19.5 Å². The first-order valence-corrected chi connectivity index (χ1v) is 7.92. The lowest BCUT2D eigenvalue weighted by atomic mass is 9.66. The summed E-state index contributed by atoms with van der Waals surface area (Å²) >= 11 is 0. The number of carbonyl (C=O) groups excluding carboxylic acids is 1. The van der Waals surface area contributed by atoms with Gasteiger partial charge in [-0.25, -0.2) is 4.98 Å². The van der Waals surface area contributed by atoms with Crippen LogP contribution >= 0.6 is 0 Å². The molecule has 3 rings (SSSR count). The minimum atomic E-state index is 0.0486. The molecule has 0 radical (unpaired) electrons. The molecule has 114 valence electrons. The minimum Gasteiger partial charge on any atom is -0.357 e. The molecule has 1 saturated heterocycles. The van der Waals surface area contributed by atoms with Crippen LogP contribution in [0.2, 0.25) is 0 Å². The van der Waals surface area contributed by atoms with Gasteiger partial charge in [0.1, 0.15) is 5.82 Å². The summed E-state index contributed by atoms with van der Waals surface area (Å²) in [4.78, 5) is 18.8. The van der Waals surface area contributed by atoms with Gasteiger partial charge in [-0.05, 0) is 49.8 Å². The van der Waals surface area contributed by atoms with Crippen LogP contribution in [0, 0.1) is 5.41 Å². The van der Waals surface area contributed by atoms with E-state index in [1.54, 1.807) is 6.20 Å². The molecule has 0 unspecified atom stereocenters. The maximum atomic E-state index is 12.1. The van der Waals surface area contributed by atoms with E-state index in [2.05, 4.69) is 15.2 Å². The van der Waals surface area contributed by atoms with Gasteiger partial charge in [-0.2, -0.15) is 0 Å². The Morgan fingerprint density at radius 2 is 2.05 bits per heavy atom. The molecule has 0 atom stereocenters. The van der Waals surface area contributed by atoms with Gasteiger partial charge in [-0.1, -0.05) is 6.42 Å². The first-order chi connectivity index (χ1) is 10.2. The Labute approximate surface area is 125 Å². The van der Waals surface area contributed by atoms with Crippen molar-refractivity contribution in [3.05, 3.63) is 18.3 Å². The normalized spacial score (nSPS) is 20.1. The van der Waals surface area contributed by atoms with Crippen LogP contribution in [0.25, 0.3) is 0 Å². The van der Waals surface area contributed by atoms with Gasteiger partial charge in [0.05, 0.1) is 11.9 Å². The van der Waals surface area contributed by atoms with Crippen LogP contribution in [0.4, 0.5) is 11.5 Å². The monoisotopic (exact) mass is 288 g/mol. The molecule has 1 aromatic heterocycles. The molecule has 21 heavy (non-hydrogen) atoms. The molecule has 5 heteroatoms. The predicted octanol–water partition coefficient (Wildman–Crippen LogP) is 2.14. The van der Waals surface area contributed by atoms with E-state index in [1.165, 1.54) is 19.3 Å². The van der Waals surface area contributed by atoms with Crippen molar-refractivity contribution >= 4 is 17.4 Å². The van der Waals surface area contributed by atoms with E-state index in [0.29, 0.717) is 13.0 Å². The van der Waals surface area contributed by atoms with E-state index >= 15 is 0 Å². The van der Waals surface area contributed by atoms with Gasteiger partial charge in [0.25, 0.3) is 0 Å². The fourth-order valence-corrected chi connectivity index (χ4v) is 3.27. The zero-order valence-electron chi connectivity index (χ0n) is 12.5. The van der Waals surface area contributed by atoms with E-state index < -0.39 is 0 Å². The van der Waals surface area contributed by atoms with E-state index in [9.17, 15) is 4.79 Å². The average molecular weight is 288 g/mol. The molecule has 2 aliphatic rings. The molecule has 0 aromatic carbocycles. The Hall–Kier alpha value is -1.62. The Morgan fingerprint density at radius 1 is 1.29 bits per heavy atom. The Bertz CT molecular complexity index is 484. The number of carbonyl (C=O) groups is 1. The summed E-state index contributed by atoms with van der Waals surface area (Å²) in [5, 5.41) is 2.94. The lowest BCUT2D eigenvalue weighted by Crippen LogP contribution is -2.40. The van der Waals surface area contributed by atoms with Crippen LogP contribution in [-0.2, 0) is 4.79 Å². The second-order valence-corrected chi connectivity index (χ2v) is 6.38. The van der Waals surface area contributed by atoms with Crippen molar-refractivity contribution < 1.29 is 4.79 Å². The fraction of sp³-hybridized carbons (Fsp3) is 0.625. The third-order valence-electron chi connectivity index (χ3n) is 4.84. The van der Waals surface area contributed by atoms with Crippen molar-refractivity contribution in [1.82, 2.24) is 4.98 Å². The second-order valence-electron chi connectivity index (χ2n) is 6.38. The smallest absolute Gasteiger partial charge is 0.225 e. The van der Waals surface area contributed by atoms with Crippen LogP contribution in [0.1, 0.15) is 38.5 Å². The number of hydrogen-bond acceptors (Lipinski definition) is 4. The van der Waals surface area contributed by atoms with Crippen molar-refractivity contribution in [1.29, 1.82) is 0 Å². The summed E-state index contributed by atoms with van der Waals surface area (Å²) < 4.78 is 0. The number of hydrogen-bond donors (Lipinski definition) is 2. The van der Waals surface area contributed by atoms with Crippen molar-refractivity contribution in [3.63, 3.8) is 0 Å². The molecule has 0 bridgehead atoms. The van der Waals surface area contributed by atoms with Gasteiger partial charge in [0.15, 0.2) is 0 Å². The number of nitrogens with two attached hydrogens (primary N) is 1. The zero-order chi connectivity index (χ0) is 14.7. The SMILES string of the molecule is NCC1(CC(=O)Nc2ccc(N3CCCC3)nc2)CCC1. The van der Waals surface area contributed by atoms with E-state index in [-0.39, 0.29) is 11.3 Å². The Balaban J connectivity index is 1.56. The molecule has 1 amide bonds. The molecule has 2 fully saturated rings. The maximum Gasteiger partial charge on any atom is 0.225 e. The zero-order valence-corrected chi connectivity index (χ0v) is 12.5. The number of rotatable bonds is 5. The highest BCUT2D eigenvalue weighted by Gasteiger charge is 2.37. The first kappa shape index (κ1) is 14.3. The number of aromatic nitrogens is 1. The van der Waals surface area contributed by atoms with Crippen molar-refractivity contribution in [3.8, 4) is 0 Å². The van der Waals surface area contributed by atoms with Crippen LogP contribution in [0.3, 0.4) is 0 Å². The Morgan fingerprint density at radius 3 is 2.57 bits per heavy atom. The van der Waals surface area contributed by atoms with Crippen molar-refractivity contribution in [2.45, 2.75) is 38.5 Å². The highest BCUT2D eigenvalue weighted by molar-refractivity contribution is 5.91. The minimum absolute atomic E-state index is 0.0486. The molecule has 1 aromatic rings. The molecule has 1 aliphatic carbocycles. The van der Waals surface area contributed by atoms with Gasteiger partial charge in [-0.15, -0.1) is 0 Å². The van der Waals surface area contributed by atoms with Gasteiger partial charge < -0.3 is 16.0 Å². The van der Waals surface area contributed by atoms with Gasteiger partial charge in [0.2, 0.25) is 5.91 Å². The molecular weight excluding hydrogens is 264 g/mol. The summed E-state index contributed by atoms with van der Waals surface area (Å²) in [6.07, 6.45) is 8.09. The summed E-state index contributed by atoms with van der Waals surface area (Å²) in [6, 6.07) is 3.93. The van der Waals surface area contributed by atoms with Crippen molar-refractivity contribution in [2.24, 2.45) is 11.1 Å². The highest BCUT2D eigenvalue weighted by Crippen LogP contribution is 2.43. The number of anilines is 2. The summed E-state index contributed by atoms with van der Waals surface area (Å²) in [5.74, 6) is 1.05. The largest absolute Gasteiger partial charge is 0.357 e. The number of nitrogens with zero attached hydrogens (tertiary/aromatic N) is 2. The van der Waals surface area contributed by atoms with Crippen LogP contribution in [0.5, 0.6) is 0 Å². The third kappa shape index (κ3) is 3.18. The molecule has 3 N–H and O–H groups in total. The molecular formula is C16H24N4O. The number of amides is 1. The van der Waals surface area contributed by atoms with Gasteiger partial charge in [-0.3, -0.25) is 4.79 Å². The summed E-state index contributed by atoms with van der Waals surface area (Å²) in [6.45, 7) is 2.77. The first-order valence-electron chi connectivity index (χ1n) is 7.92. The van der Waals surface area contributed by atoms with Crippen LogP contribution < -0.4 is 16.0 Å². The van der Waals surface area contributed by atoms with Crippen molar-refractivity contribution in [2.75, 3.05) is 29.9 Å². The van der Waals surface area contributed by atoms with Gasteiger partial charge >= 0.3 is 0 Å². The molecule has 1 saturated carbocycles. The highest BCUT2D eigenvalue weighted by atomic mass is 16.1. The summed E-state index contributed by atoms with van der Waals surface area (Å²) in [5.41, 5.74) is 6.62. The summed E-state index contributed by atoms with van der Waals surface area (Å²) in [7, 11) is 0. The second kappa shape index (κ2) is 6.02. The quantitative estimate of drug-likeness (QED) is 0.871. The number of nitrogens with one attached hydrogen (secondary N) is 1. The van der Waals surface area contributed by atoms with E-state index in [0.717, 1.165) is 37.4 Å². The molecule has 1 aliphatic heterocycles. The maximum absolute atomic E-state index is 12.1. The predicted molar refractivity (Wildman–Crippen MR) is 84.3 cm³/mol. The van der Waals surface area contributed by atoms with Crippen LogP contribution in [0.15, 0.2) is 18.3 Å². The average Bonchev–Trinajstić information content (AvgIpc) is 2.98. The fourth-order valence-electron chi connectivity index (χ4n) is 3.27.